The van der Waals surface area contributed by atoms with Crippen molar-refractivity contribution in [3.8, 4) is 11.3 Å². The van der Waals surface area contributed by atoms with E-state index >= 15 is 0 Å². The molecule has 1 heterocycles. The van der Waals surface area contributed by atoms with Gasteiger partial charge in [-0.1, -0.05) is 63.2 Å². The summed E-state index contributed by atoms with van der Waals surface area (Å²) in [5, 5.41) is 4.75. The summed E-state index contributed by atoms with van der Waals surface area (Å²) < 4.78 is 0. The average molecular weight is 348 g/mol. The number of para-hydroxylation sites is 1. The van der Waals surface area contributed by atoms with E-state index in [-0.39, 0.29) is 5.41 Å². The monoisotopic (exact) mass is 347 g/mol. The molecule has 3 nitrogen and oxygen atoms in total. The minimum Gasteiger partial charge on any atom is -0.383 e. The second-order valence-corrected chi connectivity index (χ2v) is 8.13. The van der Waals surface area contributed by atoms with Crippen LogP contribution in [-0.2, 0) is 5.41 Å². The molecule has 26 heavy (non-hydrogen) atoms. The van der Waals surface area contributed by atoms with Crippen LogP contribution in [0.4, 0.5) is 5.69 Å². The quantitative estimate of drug-likeness (QED) is 0.690. The van der Waals surface area contributed by atoms with Crippen LogP contribution in [0.15, 0.2) is 54.6 Å². The molecule has 3 heteroatoms. The van der Waals surface area contributed by atoms with Crippen molar-refractivity contribution in [3.05, 3.63) is 60.2 Å². The van der Waals surface area contributed by atoms with E-state index in [1.165, 1.54) is 10.9 Å². The van der Waals surface area contributed by atoms with Gasteiger partial charge in [0.15, 0.2) is 0 Å². The van der Waals surface area contributed by atoms with Crippen molar-refractivity contribution in [3.63, 3.8) is 0 Å². The average Bonchev–Trinajstić information content (AvgIpc) is 2.60. The van der Waals surface area contributed by atoms with Crippen LogP contribution in [0.2, 0.25) is 0 Å². The van der Waals surface area contributed by atoms with E-state index < -0.39 is 0 Å². The van der Waals surface area contributed by atoms with Crippen LogP contribution in [0, 0.1) is 0 Å². The highest BCUT2D eigenvalue weighted by atomic mass is 15.1. The molecule has 0 aliphatic carbocycles. The van der Waals surface area contributed by atoms with Gasteiger partial charge in [-0.2, -0.15) is 0 Å². The van der Waals surface area contributed by atoms with Crippen molar-refractivity contribution in [2.24, 2.45) is 0 Å². The molecule has 0 aliphatic rings. The van der Waals surface area contributed by atoms with Crippen LogP contribution >= 0.6 is 0 Å². The number of hydrogen-bond acceptors (Lipinski definition) is 3. The second-order valence-electron chi connectivity index (χ2n) is 8.13. The summed E-state index contributed by atoms with van der Waals surface area (Å²) >= 11 is 0. The first-order valence-electron chi connectivity index (χ1n) is 9.24. The molecule has 0 bridgehead atoms. The van der Waals surface area contributed by atoms with Crippen LogP contribution in [0.25, 0.3) is 22.2 Å². The van der Waals surface area contributed by atoms with E-state index in [0.717, 1.165) is 35.6 Å². The van der Waals surface area contributed by atoms with E-state index in [0.29, 0.717) is 0 Å². The minimum absolute atomic E-state index is 0.161. The van der Waals surface area contributed by atoms with E-state index in [1.54, 1.807) is 0 Å². The maximum atomic E-state index is 4.89. The molecule has 0 atom stereocenters. The Balaban J connectivity index is 1.98. The Kier molecular flexibility index (Phi) is 5.28. The van der Waals surface area contributed by atoms with Gasteiger partial charge >= 0.3 is 0 Å². The summed E-state index contributed by atoms with van der Waals surface area (Å²) in [5.41, 5.74) is 5.83. The Bertz CT molecular complexity index is 874. The summed E-state index contributed by atoms with van der Waals surface area (Å²) in [4.78, 5) is 7.07. The molecule has 0 saturated heterocycles. The first-order chi connectivity index (χ1) is 12.3. The van der Waals surface area contributed by atoms with Crippen molar-refractivity contribution < 1.29 is 0 Å². The van der Waals surface area contributed by atoms with Gasteiger partial charge in [0.25, 0.3) is 0 Å². The number of pyridine rings is 1. The van der Waals surface area contributed by atoms with Crippen LogP contribution in [0.1, 0.15) is 26.3 Å². The molecule has 1 N–H and O–H groups in total. The molecule has 1 aromatic heterocycles. The van der Waals surface area contributed by atoms with Crippen LogP contribution < -0.4 is 5.32 Å². The molecule has 0 unspecified atom stereocenters. The lowest BCUT2D eigenvalue weighted by Gasteiger charge is -2.19. The predicted octanol–water partition coefficient (Wildman–Crippen LogP) is 5.17. The second kappa shape index (κ2) is 7.46. The Morgan fingerprint density at radius 3 is 2.31 bits per heavy atom. The molecule has 0 radical (unpaired) electrons. The van der Waals surface area contributed by atoms with E-state index in [4.69, 9.17) is 4.98 Å². The van der Waals surface area contributed by atoms with Gasteiger partial charge in [-0.15, -0.1) is 0 Å². The third-order valence-electron chi connectivity index (χ3n) is 4.64. The maximum absolute atomic E-state index is 4.89. The molecule has 0 spiro atoms. The normalized spacial score (nSPS) is 11.9. The van der Waals surface area contributed by atoms with Gasteiger partial charge in [0.05, 0.1) is 11.2 Å². The van der Waals surface area contributed by atoms with Gasteiger partial charge < -0.3 is 10.2 Å². The van der Waals surface area contributed by atoms with Gasteiger partial charge in [0, 0.05) is 29.7 Å². The van der Waals surface area contributed by atoms with Crippen LogP contribution in [0.3, 0.4) is 0 Å². The molecule has 3 rings (SSSR count). The molecule has 3 aromatic rings. The summed E-state index contributed by atoms with van der Waals surface area (Å²) in [6.45, 7) is 8.62. The Morgan fingerprint density at radius 2 is 1.65 bits per heavy atom. The lowest BCUT2D eigenvalue weighted by Crippen LogP contribution is -2.20. The van der Waals surface area contributed by atoms with Gasteiger partial charge in [0.2, 0.25) is 0 Å². The number of likely N-dealkylation sites (N-methyl/N-ethyl adjacent to an activating group) is 1. The standard InChI is InChI=1S/C23H29N3/c1-23(2,3)18-12-10-17(11-13-18)21-16-22(24-14-15-26(4)5)19-8-6-7-9-20(19)25-21/h6-13,16H,14-15H2,1-5H3,(H,24,25). The Labute approximate surface area is 157 Å². The molecular formula is C23H29N3. The number of anilines is 1. The number of rotatable bonds is 5. The highest BCUT2D eigenvalue weighted by molar-refractivity contribution is 5.93. The van der Waals surface area contributed by atoms with Gasteiger partial charge in [-0.3, -0.25) is 0 Å². The number of benzene rings is 2. The predicted molar refractivity (Wildman–Crippen MR) is 113 cm³/mol. The smallest absolute Gasteiger partial charge is 0.0730 e. The zero-order valence-corrected chi connectivity index (χ0v) is 16.5. The highest BCUT2D eigenvalue weighted by Gasteiger charge is 2.14. The zero-order chi connectivity index (χ0) is 18.7. The van der Waals surface area contributed by atoms with Crippen molar-refractivity contribution in [1.82, 2.24) is 9.88 Å². The Hall–Kier alpha value is -2.39. The first-order valence-corrected chi connectivity index (χ1v) is 9.24. The van der Waals surface area contributed by atoms with Crippen molar-refractivity contribution in [2.45, 2.75) is 26.2 Å². The lowest BCUT2D eigenvalue weighted by atomic mass is 9.86. The lowest BCUT2D eigenvalue weighted by molar-refractivity contribution is 0.425. The number of aromatic nitrogens is 1. The zero-order valence-electron chi connectivity index (χ0n) is 16.5. The van der Waals surface area contributed by atoms with Gasteiger partial charge in [-0.25, -0.2) is 4.98 Å². The molecule has 0 fully saturated rings. The highest BCUT2D eigenvalue weighted by Crippen LogP contribution is 2.30. The molecule has 0 amide bonds. The van der Waals surface area contributed by atoms with E-state index in [9.17, 15) is 0 Å². The summed E-state index contributed by atoms with van der Waals surface area (Å²) in [6, 6.07) is 19.3. The fourth-order valence-corrected chi connectivity index (χ4v) is 3.02. The van der Waals surface area contributed by atoms with Crippen LogP contribution in [-0.4, -0.2) is 37.1 Å². The van der Waals surface area contributed by atoms with Crippen molar-refractivity contribution in [2.75, 3.05) is 32.5 Å². The number of fused-ring (bicyclic) bond motifs is 1. The van der Waals surface area contributed by atoms with Gasteiger partial charge in [-0.05, 0) is 37.2 Å². The Morgan fingerprint density at radius 1 is 0.962 bits per heavy atom. The first kappa shape index (κ1) is 18.4. The largest absolute Gasteiger partial charge is 0.383 e. The number of nitrogens with one attached hydrogen (secondary N) is 1. The molecule has 136 valence electrons. The fourth-order valence-electron chi connectivity index (χ4n) is 3.02. The third-order valence-corrected chi connectivity index (χ3v) is 4.64. The number of hydrogen-bond donors (Lipinski definition) is 1. The summed E-state index contributed by atoms with van der Waals surface area (Å²) in [7, 11) is 4.18. The third kappa shape index (κ3) is 4.23. The summed E-state index contributed by atoms with van der Waals surface area (Å²) in [6.07, 6.45) is 0. The molecule has 0 saturated carbocycles. The SMILES string of the molecule is CN(C)CCNc1cc(-c2ccc(C(C)(C)C)cc2)nc2ccccc12. The topological polar surface area (TPSA) is 28.2 Å². The molecule has 0 aliphatic heterocycles. The molecular weight excluding hydrogens is 318 g/mol. The van der Waals surface area contributed by atoms with Crippen molar-refractivity contribution in [1.29, 1.82) is 0 Å². The van der Waals surface area contributed by atoms with E-state index in [2.05, 4.69) is 93.6 Å². The summed E-state index contributed by atoms with van der Waals surface area (Å²) in [5.74, 6) is 0. The van der Waals surface area contributed by atoms with Crippen LogP contribution in [0.5, 0.6) is 0 Å². The fraction of sp³-hybridized carbons (Fsp3) is 0.348. The molecule has 2 aromatic carbocycles. The van der Waals surface area contributed by atoms with Gasteiger partial charge in [0.1, 0.15) is 0 Å². The number of nitrogens with zero attached hydrogens (tertiary/aromatic N) is 2. The van der Waals surface area contributed by atoms with Crippen molar-refractivity contribution >= 4 is 16.6 Å². The van der Waals surface area contributed by atoms with E-state index in [1.807, 2.05) is 6.07 Å². The minimum atomic E-state index is 0.161. The maximum Gasteiger partial charge on any atom is 0.0730 e.